The highest BCUT2D eigenvalue weighted by molar-refractivity contribution is 5.82. The zero-order valence-electron chi connectivity index (χ0n) is 17.2. The van der Waals surface area contributed by atoms with Crippen molar-refractivity contribution in [3.05, 3.63) is 42.1 Å². The van der Waals surface area contributed by atoms with Gasteiger partial charge < -0.3 is 19.6 Å². The fourth-order valence-corrected chi connectivity index (χ4v) is 4.73. The van der Waals surface area contributed by atoms with Gasteiger partial charge in [-0.3, -0.25) is 9.78 Å². The van der Waals surface area contributed by atoms with Crippen LogP contribution in [0.5, 0.6) is 0 Å². The molecule has 2 aliphatic rings. The molecule has 0 aliphatic carbocycles. The number of nitrogens with zero attached hydrogens (tertiary/aromatic N) is 3. The van der Waals surface area contributed by atoms with Gasteiger partial charge in [-0.25, -0.2) is 0 Å². The lowest BCUT2D eigenvalue weighted by molar-refractivity contribution is -0.136. The molecule has 1 aromatic heterocycles. The minimum Gasteiger partial charge on any atom is -0.391 e. The number of benzene rings is 1. The van der Waals surface area contributed by atoms with E-state index in [0.717, 1.165) is 56.4 Å². The number of amides is 1. The van der Waals surface area contributed by atoms with Gasteiger partial charge in [0.2, 0.25) is 5.91 Å². The maximum atomic E-state index is 13.0. The van der Waals surface area contributed by atoms with E-state index in [1.807, 2.05) is 35.4 Å². The van der Waals surface area contributed by atoms with E-state index < -0.39 is 6.10 Å². The molecule has 156 valence electrons. The molecule has 1 amide bonds. The third-order valence-corrected chi connectivity index (χ3v) is 6.49. The SMILES string of the molecule is COCCN1CCC(C(=O)N2C[C@@H](Cc3ccnc4ccccc34)[C@@H](O)C2)CC1. The summed E-state index contributed by atoms with van der Waals surface area (Å²) in [6.07, 6.45) is 3.93. The van der Waals surface area contributed by atoms with Crippen LogP contribution in [0.4, 0.5) is 0 Å². The summed E-state index contributed by atoms with van der Waals surface area (Å²) in [5.74, 6) is 0.380. The van der Waals surface area contributed by atoms with Gasteiger partial charge >= 0.3 is 0 Å². The van der Waals surface area contributed by atoms with Crippen LogP contribution in [0.1, 0.15) is 18.4 Å². The number of aliphatic hydroxyl groups excluding tert-OH is 1. The smallest absolute Gasteiger partial charge is 0.225 e. The lowest BCUT2D eigenvalue weighted by atomic mass is 9.94. The molecule has 2 aliphatic heterocycles. The largest absolute Gasteiger partial charge is 0.391 e. The van der Waals surface area contributed by atoms with Crippen molar-refractivity contribution in [1.29, 1.82) is 0 Å². The van der Waals surface area contributed by atoms with Crippen LogP contribution in [0.3, 0.4) is 0 Å². The van der Waals surface area contributed by atoms with Crippen LogP contribution < -0.4 is 0 Å². The molecular formula is C23H31N3O3. The van der Waals surface area contributed by atoms with Crippen LogP contribution in [-0.4, -0.2) is 78.3 Å². The van der Waals surface area contributed by atoms with E-state index in [4.69, 9.17) is 4.74 Å². The monoisotopic (exact) mass is 397 g/mol. The van der Waals surface area contributed by atoms with Gasteiger partial charge in [0.25, 0.3) is 0 Å². The van der Waals surface area contributed by atoms with Crippen LogP contribution in [0.2, 0.25) is 0 Å². The number of piperidine rings is 1. The molecular weight excluding hydrogens is 366 g/mol. The number of carbonyl (C=O) groups excluding carboxylic acids is 1. The van der Waals surface area contributed by atoms with E-state index in [0.29, 0.717) is 13.1 Å². The van der Waals surface area contributed by atoms with Crippen molar-refractivity contribution in [3.63, 3.8) is 0 Å². The molecule has 6 heteroatoms. The Bertz CT molecular complexity index is 830. The second-order valence-corrected chi connectivity index (χ2v) is 8.37. The summed E-state index contributed by atoms with van der Waals surface area (Å²) in [6.45, 7) is 4.66. The minimum absolute atomic E-state index is 0.0755. The van der Waals surface area contributed by atoms with Crippen LogP contribution >= 0.6 is 0 Å². The summed E-state index contributed by atoms with van der Waals surface area (Å²) >= 11 is 0. The number of hydrogen-bond donors (Lipinski definition) is 1. The highest BCUT2D eigenvalue weighted by Gasteiger charge is 2.37. The average Bonchev–Trinajstić information content (AvgIpc) is 3.12. The van der Waals surface area contributed by atoms with Crippen LogP contribution in [0.15, 0.2) is 36.5 Å². The van der Waals surface area contributed by atoms with E-state index >= 15 is 0 Å². The van der Waals surface area contributed by atoms with E-state index in [-0.39, 0.29) is 17.7 Å². The van der Waals surface area contributed by atoms with Gasteiger partial charge in [-0.05, 0) is 50.0 Å². The van der Waals surface area contributed by atoms with E-state index in [2.05, 4.69) is 16.0 Å². The predicted molar refractivity (Wildman–Crippen MR) is 113 cm³/mol. The number of hydrogen-bond acceptors (Lipinski definition) is 5. The van der Waals surface area contributed by atoms with Crippen molar-refractivity contribution in [2.24, 2.45) is 11.8 Å². The second-order valence-electron chi connectivity index (χ2n) is 8.37. The highest BCUT2D eigenvalue weighted by Crippen LogP contribution is 2.28. The lowest BCUT2D eigenvalue weighted by Gasteiger charge is -2.33. The molecule has 0 radical (unpaired) electrons. The zero-order chi connectivity index (χ0) is 20.2. The number of ether oxygens (including phenoxy) is 1. The number of β-amino-alcohol motifs (C(OH)–C–C–N with tert-alkyl or cyclic N) is 1. The first-order chi connectivity index (χ1) is 14.2. The molecule has 4 rings (SSSR count). The van der Waals surface area contributed by atoms with Crippen molar-refractivity contribution in [2.75, 3.05) is 46.4 Å². The van der Waals surface area contributed by atoms with Gasteiger partial charge in [-0.15, -0.1) is 0 Å². The van der Waals surface area contributed by atoms with Gasteiger partial charge in [0.15, 0.2) is 0 Å². The molecule has 1 aromatic carbocycles. The van der Waals surface area contributed by atoms with Crippen molar-refractivity contribution < 1.29 is 14.6 Å². The number of pyridine rings is 1. The minimum atomic E-state index is -0.465. The molecule has 3 heterocycles. The van der Waals surface area contributed by atoms with Crippen LogP contribution in [0, 0.1) is 11.8 Å². The Morgan fingerprint density at radius 1 is 1.21 bits per heavy atom. The molecule has 0 unspecified atom stereocenters. The Morgan fingerprint density at radius 2 is 2.00 bits per heavy atom. The second kappa shape index (κ2) is 9.20. The number of aliphatic hydroxyl groups is 1. The average molecular weight is 398 g/mol. The third-order valence-electron chi connectivity index (χ3n) is 6.49. The summed E-state index contributed by atoms with van der Waals surface area (Å²) in [4.78, 5) is 21.7. The normalized spacial score (nSPS) is 23.7. The van der Waals surface area contributed by atoms with Crippen molar-refractivity contribution >= 4 is 16.8 Å². The number of para-hydroxylation sites is 1. The van der Waals surface area contributed by atoms with Gasteiger partial charge in [0, 0.05) is 50.2 Å². The fourth-order valence-electron chi connectivity index (χ4n) is 4.73. The molecule has 29 heavy (non-hydrogen) atoms. The number of likely N-dealkylation sites (tertiary alicyclic amines) is 2. The Balaban J connectivity index is 1.35. The summed E-state index contributed by atoms with van der Waals surface area (Å²) in [6, 6.07) is 10.1. The summed E-state index contributed by atoms with van der Waals surface area (Å²) in [5.41, 5.74) is 2.17. The Hall–Kier alpha value is -2.02. The maximum Gasteiger partial charge on any atom is 0.225 e. The number of fused-ring (bicyclic) bond motifs is 1. The van der Waals surface area contributed by atoms with E-state index in [1.54, 1.807) is 7.11 Å². The molecule has 1 N–H and O–H groups in total. The first-order valence-electron chi connectivity index (χ1n) is 10.7. The molecule has 6 nitrogen and oxygen atoms in total. The molecule has 0 saturated carbocycles. The van der Waals surface area contributed by atoms with Crippen LogP contribution in [0.25, 0.3) is 10.9 Å². The number of carbonyl (C=O) groups is 1. The molecule has 0 bridgehead atoms. The van der Waals surface area contributed by atoms with Gasteiger partial charge in [-0.1, -0.05) is 18.2 Å². The Kier molecular flexibility index (Phi) is 6.43. The van der Waals surface area contributed by atoms with Gasteiger partial charge in [0.1, 0.15) is 0 Å². The van der Waals surface area contributed by atoms with E-state index in [1.165, 1.54) is 5.56 Å². The van der Waals surface area contributed by atoms with Gasteiger partial charge in [0.05, 0.1) is 18.2 Å². The molecule has 2 aromatic rings. The number of aromatic nitrogens is 1. The standard InChI is InChI=1S/C23H31N3O3/c1-29-13-12-25-10-7-17(8-11-25)23(28)26-15-19(22(27)16-26)14-18-6-9-24-21-5-3-2-4-20(18)21/h2-6,9,17,19,22,27H,7-8,10-16H2,1H3/t19-,22+/m1/s1. The Labute approximate surface area is 172 Å². The predicted octanol–water partition coefficient (Wildman–Crippen LogP) is 1.95. The molecule has 0 spiro atoms. The third kappa shape index (κ3) is 4.60. The first kappa shape index (κ1) is 20.3. The Morgan fingerprint density at radius 3 is 2.79 bits per heavy atom. The summed E-state index contributed by atoms with van der Waals surface area (Å²) in [7, 11) is 1.72. The summed E-state index contributed by atoms with van der Waals surface area (Å²) < 4.78 is 5.15. The lowest BCUT2D eigenvalue weighted by Crippen LogP contribution is -2.42. The van der Waals surface area contributed by atoms with Crippen molar-refractivity contribution in [1.82, 2.24) is 14.8 Å². The summed E-state index contributed by atoms with van der Waals surface area (Å²) in [5, 5.41) is 11.8. The molecule has 2 fully saturated rings. The van der Waals surface area contributed by atoms with Crippen LogP contribution in [-0.2, 0) is 16.0 Å². The van der Waals surface area contributed by atoms with E-state index in [9.17, 15) is 9.90 Å². The quantitative estimate of drug-likeness (QED) is 0.807. The fraction of sp³-hybridized carbons (Fsp3) is 0.565. The number of methoxy groups -OCH3 is 1. The zero-order valence-corrected chi connectivity index (χ0v) is 17.2. The van der Waals surface area contributed by atoms with Crippen molar-refractivity contribution in [3.8, 4) is 0 Å². The highest BCUT2D eigenvalue weighted by atomic mass is 16.5. The number of rotatable bonds is 6. The topological polar surface area (TPSA) is 65.9 Å². The molecule has 2 atom stereocenters. The maximum absolute atomic E-state index is 13.0. The first-order valence-corrected chi connectivity index (χ1v) is 10.7. The van der Waals surface area contributed by atoms with Gasteiger partial charge in [-0.2, -0.15) is 0 Å². The molecule has 2 saturated heterocycles. The van der Waals surface area contributed by atoms with Crippen molar-refractivity contribution in [2.45, 2.75) is 25.4 Å².